The number of carbonyl (C=O) groups excluding carboxylic acids is 1. The molecule has 8 heteroatoms. The summed E-state index contributed by atoms with van der Waals surface area (Å²) in [6, 6.07) is 2.52. The van der Waals surface area contributed by atoms with Gasteiger partial charge in [0.25, 0.3) is 0 Å². The van der Waals surface area contributed by atoms with E-state index in [1.807, 2.05) is 0 Å². The van der Waals surface area contributed by atoms with Crippen molar-refractivity contribution in [3.8, 4) is 0 Å². The molecular formula is C16H16Cl2FNO4. The Labute approximate surface area is 148 Å². The van der Waals surface area contributed by atoms with E-state index in [-0.39, 0.29) is 29.1 Å². The number of amides is 1. The summed E-state index contributed by atoms with van der Waals surface area (Å²) in [5, 5.41) is 9.30. The van der Waals surface area contributed by atoms with Crippen LogP contribution in [0.4, 0.5) is 4.39 Å². The number of halogens is 3. The first-order valence-electron chi connectivity index (χ1n) is 7.66. The number of ether oxygens (including phenoxy) is 1. The number of rotatable bonds is 3. The van der Waals surface area contributed by atoms with E-state index in [2.05, 4.69) is 0 Å². The summed E-state index contributed by atoms with van der Waals surface area (Å²) in [4.78, 5) is 25.2. The number of carboxylic acid groups (broad SMARTS) is 1. The van der Waals surface area contributed by atoms with Crippen LogP contribution in [0.25, 0.3) is 0 Å². The zero-order chi connectivity index (χ0) is 17.4. The minimum absolute atomic E-state index is 0.0775. The highest BCUT2D eigenvalue weighted by atomic mass is 35.5. The average Bonchev–Trinajstić information content (AvgIpc) is 2.49. The molecular weight excluding hydrogens is 360 g/mol. The Kier molecular flexibility index (Phi) is 4.99. The second kappa shape index (κ2) is 6.86. The molecule has 0 spiro atoms. The van der Waals surface area contributed by atoms with Crippen LogP contribution in [0.1, 0.15) is 24.5 Å². The van der Waals surface area contributed by atoms with Gasteiger partial charge in [-0.25, -0.2) is 4.39 Å². The fourth-order valence-electron chi connectivity index (χ4n) is 3.15. The smallest absolute Gasteiger partial charge is 0.307 e. The molecule has 5 nitrogen and oxygen atoms in total. The largest absolute Gasteiger partial charge is 0.481 e. The molecule has 0 radical (unpaired) electrons. The van der Waals surface area contributed by atoms with E-state index in [1.54, 1.807) is 4.90 Å². The molecule has 1 aromatic carbocycles. The van der Waals surface area contributed by atoms with Crippen molar-refractivity contribution in [1.82, 2.24) is 4.90 Å². The minimum Gasteiger partial charge on any atom is -0.481 e. The van der Waals surface area contributed by atoms with Gasteiger partial charge in [0.05, 0.1) is 30.0 Å². The Balaban J connectivity index is 1.74. The molecule has 3 unspecified atom stereocenters. The second-order valence-electron chi connectivity index (χ2n) is 6.06. The van der Waals surface area contributed by atoms with Crippen LogP contribution in [0.5, 0.6) is 0 Å². The SMILES string of the molecule is O=C(O)C1CCC1C(=O)N1CCOC(c2cc(F)c(Cl)cc2Cl)C1. The lowest BCUT2D eigenvalue weighted by Crippen LogP contribution is -2.50. The highest BCUT2D eigenvalue weighted by molar-refractivity contribution is 6.35. The van der Waals surface area contributed by atoms with Crippen LogP contribution in [0.2, 0.25) is 10.0 Å². The van der Waals surface area contributed by atoms with Gasteiger partial charge in [0.15, 0.2) is 0 Å². The molecule has 0 aromatic heterocycles. The fraction of sp³-hybridized carbons (Fsp3) is 0.500. The van der Waals surface area contributed by atoms with Crippen molar-refractivity contribution in [2.45, 2.75) is 18.9 Å². The van der Waals surface area contributed by atoms with E-state index in [0.29, 0.717) is 24.9 Å². The van der Waals surface area contributed by atoms with Crippen molar-refractivity contribution in [2.75, 3.05) is 19.7 Å². The topological polar surface area (TPSA) is 66.8 Å². The van der Waals surface area contributed by atoms with Crippen LogP contribution in [0.3, 0.4) is 0 Å². The minimum atomic E-state index is -0.938. The molecule has 1 amide bonds. The first-order chi connectivity index (χ1) is 11.4. The Bertz CT molecular complexity index is 684. The zero-order valence-corrected chi connectivity index (χ0v) is 14.2. The number of carboxylic acids is 1. The summed E-state index contributed by atoms with van der Waals surface area (Å²) in [5.41, 5.74) is 0.430. The predicted octanol–water partition coefficient (Wildman–Crippen LogP) is 3.14. The van der Waals surface area contributed by atoms with Gasteiger partial charge in [-0.05, 0) is 25.0 Å². The number of hydrogen-bond donors (Lipinski definition) is 1. The Hall–Kier alpha value is -1.37. The maximum absolute atomic E-state index is 13.7. The van der Waals surface area contributed by atoms with Gasteiger partial charge in [0, 0.05) is 17.1 Å². The third kappa shape index (κ3) is 3.23. The van der Waals surface area contributed by atoms with E-state index in [1.165, 1.54) is 12.1 Å². The molecule has 2 fully saturated rings. The van der Waals surface area contributed by atoms with Crippen LogP contribution in [0.15, 0.2) is 12.1 Å². The van der Waals surface area contributed by atoms with Crippen LogP contribution < -0.4 is 0 Å². The van der Waals surface area contributed by atoms with Crippen molar-refractivity contribution in [3.63, 3.8) is 0 Å². The summed E-state index contributed by atoms with van der Waals surface area (Å²) < 4.78 is 19.3. The number of morpholine rings is 1. The Morgan fingerprint density at radius 1 is 1.21 bits per heavy atom. The van der Waals surface area contributed by atoms with Crippen molar-refractivity contribution < 1.29 is 23.8 Å². The maximum atomic E-state index is 13.7. The summed E-state index contributed by atoms with van der Waals surface area (Å²) >= 11 is 11.8. The third-order valence-electron chi connectivity index (χ3n) is 4.67. The van der Waals surface area contributed by atoms with E-state index in [9.17, 15) is 14.0 Å². The van der Waals surface area contributed by atoms with Gasteiger partial charge >= 0.3 is 5.97 Å². The number of aliphatic carboxylic acids is 1. The average molecular weight is 376 g/mol. The molecule has 3 atom stereocenters. The molecule has 1 aliphatic carbocycles. The van der Waals surface area contributed by atoms with Crippen LogP contribution in [0, 0.1) is 17.7 Å². The molecule has 1 aromatic rings. The van der Waals surface area contributed by atoms with Crippen molar-refractivity contribution >= 4 is 35.1 Å². The van der Waals surface area contributed by atoms with Crippen molar-refractivity contribution in [1.29, 1.82) is 0 Å². The standard InChI is InChI=1S/C16H16Cl2FNO4/c17-11-6-12(18)13(19)5-10(11)14-7-20(3-4-24-14)15(21)8-1-2-9(8)16(22)23/h5-6,8-9,14H,1-4,7H2,(H,22,23). The van der Waals surface area contributed by atoms with Crippen molar-refractivity contribution in [2.24, 2.45) is 11.8 Å². The first-order valence-corrected chi connectivity index (χ1v) is 8.41. The number of nitrogens with zero attached hydrogens (tertiary/aromatic N) is 1. The van der Waals surface area contributed by atoms with Crippen LogP contribution in [-0.4, -0.2) is 41.6 Å². The Morgan fingerprint density at radius 3 is 2.54 bits per heavy atom. The molecule has 0 bridgehead atoms. The van der Waals surface area contributed by atoms with Crippen molar-refractivity contribution in [3.05, 3.63) is 33.6 Å². The van der Waals surface area contributed by atoms with Crippen LogP contribution >= 0.6 is 23.2 Å². The molecule has 1 aliphatic heterocycles. The number of carbonyl (C=O) groups is 2. The van der Waals surface area contributed by atoms with Gasteiger partial charge in [-0.2, -0.15) is 0 Å². The summed E-state index contributed by atoms with van der Waals surface area (Å²) in [7, 11) is 0. The molecule has 1 saturated carbocycles. The van der Waals surface area contributed by atoms with Gasteiger partial charge < -0.3 is 14.7 Å². The number of hydrogen-bond acceptors (Lipinski definition) is 3. The summed E-state index contributed by atoms with van der Waals surface area (Å²) in [6.45, 7) is 0.871. The molecule has 1 N–H and O–H groups in total. The van der Waals surface area contributed by atoms with Gasteiger partial charge in [0.2, 0.25) is 5.91 Å². The molecule has 130 valence electrons. The highest BCUT2D eigenvalue weighted by Crippen LogP contribution is 2.38. The van der Waals surface area contributed by atoms with Gasteiger partial charge in [-0.1, -0.05) is 23.2 Å². The molecule has 24 heavy (non-hydrogen) atoms. The summed E-state index contributed by atoms with van der Waals surface area (Å²) in [5.74, 6) is -2.83. The fourth-order valence-corrected chi connectivity index (χ4v) is 3.65. The lowest BCUT2D eigenvalue weighted by Gasteiger charge is -2.40. The second-order valence-corrected chi connectivity index (χ2v) is 6.87. The summed E-state index contributed by atoms with van der Waals surface area (Å²) in [6.07, 6.45) is 0.535. The third-order valence-corrected chi connectivity index (χ3v) is 5.29. The molecule has 2 aliphatic rings. The van der Waals surface area contributed by atoms with E-state index in [0.717, 1.165) is 0 Å². The normalized spacial score (nSPS) is 26.8. The van der Waals surface area contributed by atoms with Gasteiger partial charge in [-0.15, -0.1) is 0 Å². The Morgan fingerprint density at radius 2 is 1.92 bits per heavy atom. The molecule has 3 rings (SSSR count). The van der Waals surface area contributed by atoms with Gasteiger partial charge in [0.1, 0.15) is 11.9 Å². The zero-order valence-electron chi connectivity index (χ0n) is 12.7. The first kappa shape index (κ1) is 17.5. The maximum Gasteiger partial charge on any atom is 0.307 e. The van der Waals surface area contributed by atoms with Crippen LogP contribution in [-0.2, 0) is 14.3 Å². The van der Waals surface area contributed by atoms with E-state index < -0.39 is 29.7 Å². The van der Waals surface area contributed by atoms with Gasteiger partial charge in [-0.3, -0.25) is 9.59 Å². The lowest BCUT2D eigenvalue weighted by molar-refractivity contribution is -0.160. The number of benzene rings is 1. The predicted molar refractivity (Wildman–Crippen MR) is 85.5 cm³/mol. The lowest BCUT2D eigenvalue weighted by atomic mass is 9.73. The van der Waals surface area contributed by atoms with E-state index >= 15 is 0 Å². The quantitative estimate of drug-likeness (QED) is 0.824. The monoisotopic (exact) mass is 375 g/mol. The molecule has 1 heterocycles. The van der Waals surface area contributed by atoms with E-state index in [4.69, 9.17) is 33.0 Å². The molecule has 1 saturated heterocycles. The highest BCUT2D eigenvalue weighted by Gasteiger charge is 2.44.